The number of carbonyl (C=O) groups excluding carboxylic acids is 1. The number of carbonyl (C=O) groups is 1. The molecule has 1 aliphatic carbocycles. The van der Waals surface area contributed by atoms with Crippen LogP contribution >= 0.6 is 0 Å². The van der Waals surface area contributed by atoms with Gasteiger partial charge in [-0.2, -0.15) is 0 Å². The van der Waals surface area contributed by atoms with Crippen LogP contribution in [0, 0.1) is 12.8 Å². The summed E-state index contributed by atoms with van der Waals surface area (Å²) in [6.45, 7) is 6.37. The minimum atomic E-state index is -3.58. The van der Waals surface area contributed by atoms with E-state index in [1.807, 2.05) is 11.0 Å². The third kappa shape index (κ3) is 5.09. The maximum atomic E-state index is 13.0. The molecule has 1 heterocycles. The normalized spacial score (nSPS) is 17.8. The van der Waals surface area contributed by atoms with Crippen LogP contribution in [0.15, 0.2) is 53.4 Å². The van der Waals surface area contributed by atoms with Gasteiger partial charge in [0.25, 0.3) is 5.91 Å². The maximum Gasteiger partial charge on any atom is 0.253 e. The van der Waals surface area contributed by atoms with Gasteiger partial charge in [-0.3, -0.25) is 9.69 Å². The summed E-state index contributed by atoms with van der Waals surface area (Å²) in [6, 6.07) is 14.8. The molecule has 6 nitrogen and oxygen atoms in total. The van der Waals surface area contributed by atoms with Gasteiger partial charge in [-0.1, -0.05) is 30.3 Å². The van der Waals surface area contributed by atoms with Crippen molar-refractivity contribution in [1.82, 2.24) is 14.5 Å². The van der Waals surface area contributed by atoms with E-state index in [2.05, 4.69) is 34.7 Å². The van der Waals surface area contributed by atoms with Crippen molar-refractivity contribution in [3.8, 4) is 0 Å². The maximum absolute atomic E-state index is 13.0. The molecular weight excluding hydrogens is 398 g/mol. The summed E-state index contributed by atoms with van der Waals surface area (Å²) < 4.78 is 27.7. The molecule has 1 N–H and O–H groups in total. The first-order valence-electron chi connectivity index (χ1n) is 10.6. The van der Waals surface area contributed by atoms with Gasteiger partial charge in [0.2, 0.25) is 10.0 Å². The zero-order chi connectivity index (χ0) is 21.1. The smallest absolute Gasteiger partial charge is 0.253 e. The molecule has 4 rings (SSSR count). The fourth-order valence-corrected chi connectivity index (χ4v) is 4.91. The number of benzene rings is 2. The Morgan fingerprint density at radius 1 is 1.03 bits per heavy atom. The highest BCUT2D eigenvalue weighted by molar-refractivity contribution is 7.89. The second-order valence-electron chi connectivity index (χ2n) is 8.32. The van der Waals surface area contributed by atoms with Crippen LogP contribution in [-0.2, 0) is 16.6 Å². The van der Waals surface area contributed by atoms with E-state index in [1.165, 1.54) is 17.2 Å². The van der Waals surface area contributed by atoms with E-state index in [1.54, 1.807) is 18.2 Å². The van der Waals surface area contributed by atoms with E-state index >= 15 is 0 Å². The lowest BCUT2D eigenvalue weighted by atomic mass is 10.1. The van der Waals surface area contributed by atoms with Gasteiger partial charge >= 0.3 is 0 Å². The van der Waals surface area contributed by atoms with Crippen molar-refractivity contribution in [3.05, 3.63) is 65.2 Å². The van der Waals surface area contributed by atoms with Crippen LogP contribution in [0.1, 0.15) is 34.3 Å². The lowest BCUT2D eigenvalue weighted by molar-refractivity contribution is 0.0628. The number of amides is 1. The summed E-state index contributed by atoms with van der Waals surface area (Å²) in [4.78, 5) is 17.3. The Bertz CT molecular complexity index is 1010. The van der Waals surface area contributed by atoms with Crippen molar-refractivity contribution < 1.29 is 13.2 Å². The second-order valence-corrected chi connectivity index (χ2v) is 10.1. The molecule has 2 aromatic carbocycles. The number of piperazine rings is 1. The minimum absolute atomic E-state index is 0.107. The number of hydrogen-bond acceptors (Lipinski definition) is 4. The van der Waals surface area contributed by atoms with E-state index in [-0.39, 0.29) is 10.8 Å². The second kappa shape index (κ2) is 8.88. The quantitative estimate of drug-likeness (QED) is 0.738. The lowest BCUT2D eigenvalue weighted by Gasteiger charge is -2.35. The predicted molar refractivity (Wildman–Crippen MR) is 117 cm³/mol. The average molecular weight is 428 g/mol. The van der Waals surface area contributed by atoms with Crippen LogP contribution in [0.4, 0.5) is 0 Å². The molecule has 2 fully saturated rings. The molecule has 0 atom stereocenters. The molecule has 160 valence electrons. The SMILES string of the molecule is Cc1ccccc1CN1CCN(C(=O)c2cccc(S(=O)(=O)NCC3CC3)c2)CC1. The number of nitrogens with zero attached hydrogens (tertiary/aromatic N) is 2. The van der Waals surface area contributed by atoms with Crippen molar-refractivity contribution in [2.24, 2.45) is 5.92 Å². The number of rotatable bonds is 7. The van der Waals surface area contributed by atoms with Crippen molar-refractivity contribution >= 4 is 15.9 Å². The van der Waals surface area contributed by atoms with Gasteiger partial charge in [0.05, 0.1) is 4.90 Å². The Morgan fingerprint density at radius 2 is 1.77 bits per heavy atom. The minimum Gasteiger partial charge on any atom is -0.336 e. The van der Waals surface area contributed by atoms with E-state index in [0.29, 0.717) is 31.1 Å². The largest absolute Gasteiger partial charge is 0.336 e. The predicted octanol–water partition coefficient (Wildman–Crippen LogP) is 2.64. The van der Waals surface area contributed by atoms with Crippen LogP contribution in [0.2, 0.25) is 0 Å². The summed E-state index contributed by atoms with van der Waals surface area (Å²) in [5, 5.41) is 0. The summed E-state index contributed by atoms with van der Waals surface area (Å²) >= 11 is 0. The van der Waals surface area contributed by atoms with E-state index in [0.717, 1.165) is 32.5 Å². The molecule has 0 unspecified atom stereocenters. The topological polar surface area (TPSA) is 69.7 Å². The van der Waals surface area contributed by atoms with Gasteiger partial charge in [-0.15, -0.1) is 0 Å². The number of sulfonamides is 1. The van der Waals surface area contributed by atoms with Gasteiger partial charge in [-0.05, 0) is 55.0 Å². The van der Waals surface area contributed by atoms with Crippen LogP contribution in [0.5, 0.6) is 0 Å². The molecule has 0 bridgehead atoms. The first-order valence-corrected chi connectivity index (χ1v) is 12.1. The molecule has 7 heteroatoms. The van der Waals surface area contributed by atoms with E-state index in [4.69, 9.17) is 0 Å². The monoisotopic (exact) mass is 427 g/mol. The first-order chi connectivity index (χ1) is 14.4. The van der Waals surface area contributed by atoms with E-state index < -0.39 is 10.0 Å². The molecule has 0 aromatic heterocycles. The zero-order valence-corrected chi connectivity index (χ0v) is 18.2. The Kier molecular flexibility index (Phi) is 6.22. The lowest BCUT2D eigenvalue weighted by Crippen LogP contribution is -2.48. The third-order valence-corrected chi connectivity index (χ3v) is 7.39. The summed E-state index contributed by atoms with van der Waals surface area (Å²) in [5.74, 6) is 0.352. The van der Waals surface area contributed by atoms with Crippen LogP contribution in [0.3, 0.4) is 0 Å². The summed E-state index contributed by atoms with van der Waals surface area (Å²) in [7, 11) is -3.58. The van der Waals surface area contributed by atoms with Crippen molar-refractivity contribution in [3.63, 3.8) is 0 Å². The molecule has 1 saturated heterocycles. The molecule has 2 aliphatic rings. The number of hydrogen-bond donors (Lipinski definition) is 1. The van der Waals surface area contributed by atoms with Crippen molar-refractivity contribution in [1.29, 1.82) is 0 Å². The molecule has 30 heavy (non-hydrogen) atoms. The highest BCUT2D eigenvalue weighted by atomic mass is 32.2. The van der Waals surface area contributed by atoms with Gasteiger partial charge in [0, 0.05) is 44.8 Å². The number of nitrogens with one attached hydrogen (secondary N) is 1. The van der Waals surface area contributed by atoms with E-state index in [9.17, 15) is 13.2 Å². The Morgan fingerprint density at radius 3 is 2.47 bits per heavy atom. The fourth-order valence-electron chi connectivity index (χ4n) is 3.75. The van der Waals surface area contributed by atoms with Crippen LogP contribution < -0.4 is 4.72 Å². The molecular formula is C23H29N3O3S. The molecule has 1 aliphatic heterocycles. The average Bonchev–Trinajstić information content (AvgIpc) is 3.59. The van der Waals surface area contributed by atoms with Crippen molar-refractivity contribution in [2.45, 2.75) is 31.2 Å². The van der Waals surface area contributed by atoms with Crippen LogP contribution in [0.25, 0.3) is 0 Å². The van der Waals surface area contributed by atoms with Crippen molar-refractivity contribution in [2.75, 3.05) is 32.7 Å². The number of aryl methyl sites for hydroxylation is 1. The van der Waals surface area contributed by atoms with Gasteiger partial charge in [0.1, 0.15) is 0 Å². The molecule has 2 aromatic rings. The Labute approximate surface area is 178 Å². The highest BCUT2D eigenvalue weighted by Crippen LogP contribution is 2.28. The fraction of sp³-hybridized carbons (Fsp3) is 0.435. The third-order valence-electron chi connectivity index (χ3n) is 5.96. The molecule has 1 amide bonds. The molecule has 0 radical (unpaired) electrons. The van der Waals surface area contributed by atoms with Gasteiger partial charge in [0.15, 0.2) is 0 Å². The van der Waals surface area contributed by atoms with Gasteiger partial charge < -0.3 is 4.90 Å². The highest BCUT2D eigenvalue weighted by Gasteiger charge is 2.26. The standard InChI is InChI=1S/C23H29N3O3S/c1-18-5-2-3-6-21(18)17-25-11-13-26(14-12-25)23(27)20-7-4-8-22(15-20)30(28,29)24-16-19-9-10-19/h2-8,15,19,24H,9-14,16-17H2,1H3. The molecule has 1 saturated carbocycles. The van der Waals surface area contributed by atoms with Crippen LogP contribution in [-0.4, -0.2) is 56.8 Å². The zero-order valence-electron chi connectivity index (χ0n) is 17.4. The van der Waals surface area contributed by atoms with Gasteiger partial charge in [-0.25, -0.2) is 13.1 Å². The molecule has 0 spiro atoms. The summed E-state index contributed by atoms with van der Waals surface area (Å²) in [5.41, 5.74) is 3.02. The Hall–Kier alpha value is -2.22. The first kappa shape index (κ1) is 21.0. The summed E-state index contributed by atoms with van der Waals surface area (Å²) in [6.07, 6.45) is 2.16. The Balaban J connectivity index is 1.36.